The minimum atomic E-state index is 0.579. The van der Waals surface area contributed by atoms with Gasteiger partial charge in [-0.25, -0.2) is 15.0 Å². The monoisotopic (exact) mass is 333 g/mol. The van der Waals surface area contributed by atoms with E-state index in [0.29, 0.717) is 5.95 Å². The van der Waals surface area contributed by atoms with Crippen molar-refractivity contribution in [2.45, 2.75) is 4.90 Å². The van der Waals surface area contributed by atoms with E-state index in [4.69, 9.17) is 0 Å². The van der Waals surface area contributed by atoms with Gasteiger partial charge in [0.05, 0.1) is 23.1 Å². The summed E-state index contributed by atoms with van der Waals surface area (Å²) in [6.45, 7) is 0. The number of H-pyrrole nitrogens is 1. The maximum absolute atomic E-state index is 4.62. The van der Waals surface area contributed by atoms with Crippen molar-refractivity contribution >= 4 is 34.4 Å². The normalized spacial score (nSPS) is 10.9. The summed E-state index contributed by atoms with van der Waals surface area (Å²) < 4.78 is 0. The lowest BCUT2D eigenvalue weighted by Crippen LogP contribution is -1.98. The number of aromatic nitrogens is 4. The first-order chi connectivity index (χ1) is 11.8. The number of nitrogens with one attached hydrogen (secondary N) is 2. The van der Waals surface area contributed by atoms with E-state index < -0.39 is 0 Å². The Morgan fingerprint density at radius 2 is 2.00 bits per heavy atom. The number of rotatable bonds is 4. The van der Waals surface area contributed by atoms with Crippen molar-refractivity contribution < 1.29 is 0 Å². The second-order valence-electron chi connectivity index (χ2n) is 5.26. The van der Waals surface area contributed by atoms with E-state index in [2.05, 4.69) is 43.6 Å². The lowest BCUT2D eigenvalue weighted by atomic mass is 10.1. The number of fused-ring (bicyclic) bond motifs is 1. The zero-order chi connectivity index (χ0) is 16.4. The molecule has 0 aliphatic rings. The molecule has 0 spiro atoms. The van der Waals surface area contributed by atoms with Crippen LogP contribution >= 0.6 is 11.8 Å². The Bertz CT molecular complexity index is 995. The number of benzene rings is 2. The fourth-order valence-electron chi connectivity index (χ4n) is 2.50. The predicted octanol–water partition coefficient (Wildman–Crippen LogP) is 4.49. The molecule has 4 aromatic rings. The van der Waals surface area contributed by atoms with Crippen molar-refractivity contribution in [3.63, 3.8) is 0 Å². The molecule has 0 unspecified atom stereocenters. The summed E-state index contributed by atoms with van der Waals surface area (Å²) in [6, 6.07) is 16.1. The van der Waals surface area contributed by atoms with Crippen LogP contribution in [0.1, 0.15) is 0 Å². The highest BCUT2D eigenvalue weighted by Crippen LogP contribution is 2.24. The highest BCUT2D eigenvalue weighted by molar-refractivity contribution is 7.98. The summed E-state index contributed by atoms with van der Waals surface area (Å²) in [6.07, 6.45) is 5.52. The molecule has 5 nitrogen and oxygen atoms in total. The maximum atomic E-state index is 4.62. The number of imidazole rings is 1. The van der Waals surface area contributed by atoms with E-state index in [1.165, 1.54) is 4.90 Å². The van der Waals surface area contributed by atoms with Crippen LogP contribution in [0, 0.1) is 0 Å². The van der Waals surface area contributed by atoms with Crippen LogP contribution in [0.2, 0.25) is 0 Å². The van der Waals surface area contributed by atoms with Gasteiger partial charge in [0.1, 0.15) is 0 Å². The van der Waals surface area contributed by atoms with E-state index in [0.717, 1.165) is 28.0 Å². The molecule has 2 heterocycles. The number of hydrogen-bond donors (Lipinski definition) is 2. The van der Waals surface area contributed by atoms with Gasteiger partial charge in [0.15, 0.2) is 0 Å². The van der Waals surface area contributed by atoms with Crippen molar-refractivity contribution in [1.82, 2.24) is 19.9 Å². The fourth-order valence-corrected chi connectivity index (χ4v) is 2.96. The summed E-state index contributed by atoms with van der Waals surface area (Å²) in [5, 5.41) is 3.27. The zero-order valence-electron chi connectivity index (χ0n) is 13.0. The van der Waals surface area contributed by atoms with E-state index in [9.17, 15) is 0 Å². The Balaban J connectivity index is 1.65. The van der Waals surface area contributed by atoms with Gasteiger partial charge in [0.2, 0.25) is 5.95 Å². The molecular formula is C18H15N5S. The van der Waals surface area contributed by atoms with E-state index in [1.807, 2.05) is 36.4 Å². The molecule has 0 fully saturated rings. The van der Waals surface area contributed by atoms with Gasteiger partial charge in [-0.05, 0) is 42.7 Å². The molecule has 2 N–H and O–H groups in total. The third-order valence-electron chi connectivity index (χ3n) is 3.70. The minimum absolute atomic E-state index is 0.579. The van der Waals surface area contributed by atoms with Crippen LogP contribution in [0.4, 0.5) is 11.6 Å². The lowest BCUT2D eigenvalue weighted by Gasteiger charge is -2.08. The van der Waals surface area contributed by atoms with Crippen molar-refractivity contribution in [2.75, 3.05) is 11.6 Å². The second kappa shape index (κ2) is 6.33. The molecule has 0 radical (unpaired) electrons. The van der Waals surface area contributed by atoms with E-state index >= 15 is 0 Å². The van der Waals surface area contributed by atoms with Crippen LogP contribution in [0.25, 0.3) is 22.3 Å². The molecule has 2 aromatic heterocycles. The maximum Gasteiger partial charge on any atom is 0.227 e. The molecule has 6 heteroatoms. The Morgan fingerprint density at radius 3 is 2.92 bits per heavy atom. The molecular weight excluding hydrogens is 318 g/mol. The van der Waals surface area contributed by atoms with Crippen LogP contribution in [0.15, 0.2) is 66.0 Å². The van der Waals surface area contributed by atoms with Gasteiger partial charge >= 0.3 is 0 Å². The quantitative estimate of drug-likeness (QED) is 0.539. The third-order valence-corrected chi connectivity index (χ3v) is 4.42. The van der Waals surface area contributed by atoms with Crippen LogP contribution in [-0.2, 0) is 0 Å². The van der Waals surface area contributed by atoms with Gasteiger partial charge in [-0.15, -0.1) is 11.8 Å². The minimum Gasteiger partial charge on any atom is -0.345 e. The van der Waals surface area contributed by atoms with Crippen molar-refractivity contribution in [1.29, 1.82) is 0 Å². The fraction of sp³-hybridized carbons (Fsp3) is 0.0556. The molecule has 4 rings (SSSR count). The molecule has 0 atom stereocenters. The number of nitrogens with zero attached hydrogens (tertiary/aromatic N) is 3. The largest absolute Gasteiger partial charge is 0.345 e. The van der Waals surface area contributed by atoms with Gasteiger partial charge in [0.25, 0.3) is 0 Å². The molecule has 0 saturated carbocycles. The Kier molecular flexibility index (Phi) is 3.88. The third kappa shape index (κ3) is 2.96. The van der Waals surface area contributed by atoms with Gasteiger partial charge in [-0.2, -0.15) is 0 Å². The van der Waals surface area contributed by atoms with E-state index in [1.54, 1.807) is 24.3 Å². The van der Waals surface area contributed by atoms with Crippen LogP contribution in [-0.4, -0.2) is 26.2 Å². The van der Waals surface area contributed by atoms with Gasteiger partial charge in [-0.3, -0.25) is 0 Å². The molecule has 0 saturated heterocycles. The average Bonchev–Trinajstić information content (AvgIpc) is 3.10. The Hall–Kier alpha value is -2.86. The summed E-state index contributed by atoms with van der Waals surface area (Å²) in [4.78, 5) is 17.5. The Morgan fingerprint density at radius 1 is 1.04 bits per heavy atom. The predicted molar refractivity (Wildman–Crippen MR) is 98.6 cm³/mol. The summed E-state index contributed by atoms with van der Waals surface area (Å²) in [7, 11) is 0. The highest BCUT2D eigenvalue weighted by atomic mass is 32.2. The standard InChI is InChI=1S/C18H15N5S/c1-24-14-4-2-3-13(10-14)22-18-19-8-7-15(23-18)12-5-6-16-17(9-12)21-11-20-16/h2-11H,1H3,(H,20,21)(H,19,22,23). The van der Waals surface area contributed by atoms with Gasteiger partial charge in [0, 0.05) is 22.3 Å². The second-order valence-corrected chi connectivity index (χ2v) is 6.14. The molecule has 0 amide bonds. The van der Waals surface area contributed by atoms with Crippen LogP contribution in [0.3, 0.4) is 0 Å². The summed E-state index contributed by atoms with van der Waals surface area (Å²) >= 11 is 1.71. The topological polar surface area (TPSA) is 66.5 Å². The molecule has 2 aromatic carbocycles. The number of aromatic amines is 1. The van der Waals surface area contributed by atoms with Crippen LogP contribution in [0.5, 0.6) is 0 Å². The average molecular weight is 333 g/mol. The van der Waals surface area contributed by atoms with Crippen molar-refractivity contribution in [3.05, 3.63) is 61.1 Å². The molecule has 0 bridgehead atoms. The zero-order valence-corrected chi connectivity index (χ0v) is 13.8. The number of thioether (sulfide) groups is 1. The summed E-state index contributed by atoms with van der Waals surface area (Å²) in [5.41, 5.74) is 4.80. The lowest BCUT2D eigenvalue weighted by molar-refractivity contribution is 1.17. The van der Waals surface area contributed by atoms with Crippen molar-refractivity contribution in [2.24, 2.45) is 0 Å². The number of hydrogen-bond acceptors (Lipinski definition) is 5. The summed E-state index contributed by atoms with van der Waals surface area (Å²) in [5.74, 6) is 0.579. The SMILES string of the molecule is CSc1cccc(Nc2nccc(-c3ccc4nc[nH]c4c3)n2)c1. The smallest absolute Gasteiger partial charge is 0.227 e. The molecule has 0 aliphatic heterocycles. The van der Waals surface area contributed by atoms with Gasteiger partial charge < -0.3 is 10.3 Å². The van der Waals surface area contributed by atoms with E-state index in [-0.39, 0.29) is 0 Å². The first kappa shape index (κ1) is 14.7. The number of anilines is 2. The molecule has 24 heavy (non-hydrogen) atoms. The highest BCUT2D eigenvalue weighted by Gasteiger charge is 2.05. The van der Waals surface area contributed by atoms with Gasteiger partial charge in [-0.1, -0.05) is 12.1 Å². The molecule has 118 valence electrons. The van der Waals surface area contributed by atoms with Crippen molar-refractivity contribution in [3.8, 4) is 11.3 Å². The first-order valence-corrected chi connectivity index (χ1v) is 8.72. The Labute approximate surface area is 143 Å². The van der Waals surface area contributed by atoms with Crippen LogP contribution < -0.4 is 5.32 Å². The first-order valence-electron chi connectivity index (χ1n) is 7.49. The molecule has 0 aliphatic carbocycles.